The number of halogens is 1. The summed E-state index contributed by atoms with van der Waals surface area (Å²) in [7, 11) is 0. The van der Waals surface area contributed by atoms with Crippen molar-refractivity contribution in [2.75, 3.05) is 0 Å². The number of aromatic nitrogens is 2. The van der Waals surface area contributed by atoms with Gasteiger partial charge >= 0.3 is 0 Å². The number of aliphatic imine (C=N–C) groups is 1. The second-order valence-corrected chi connectivity index (χ2v) is 6.99. The summed E-state index contributed by atoms with van der Waals surface area (Å²) >= 11 is 5.20. The maximum atomic E-state index is 12.9. The second-order valence-electron chi connectivity index (χ2n) is 6.60. The molecule has 0 bridgehead atoms. The van der Waals surface area contributed by atoms with E-state index in [1.165, 1.54) is 41.3 Å². The van der Waals surface area contributed by atoms with Gasteiger partial charge in [-0.05, 0) is 62.0 Å². The summed E-state index contributed by atoms with van der Waals surface area (Å²) in [5, 5.41) is 10.5. The van der Waals surface area contributed by atoms with E-state index in [0.29, 0.717) is 6.54 Å². The van der Waals surface area contributed by atoms with E-state index in [9.17, 15) is 14.3 Å². The lowest BCUT2D eigenvalue weighted by Crippen LogP contribution is -2.19. The van der Waals surface area contributed by atoms with Crippen molar-refractivity contribution >= 4 is 18.4 Å². The zero-order valence-electron chi connectivity index (χ0n) is 14.9. The Kier molecular flexibility index (Phi) is 6.34. The van der Waals surface area contributed by atoms with Gasteiger partial charge in [0.2, 0.25) is 5.88 Å². The van der Waals surface area contributed by atoms with Crippen molar-refractivity contribution in [1.29, 1.82) is 0 Å². The molecular weight excluding hydrogens is 365 g/mol. The molecule has 3 rings (SSSR count). The quantitative estimate of drug-likeness (QED) is 0.442. The van der Waals surface area contributed by atoms with E-state index in [1.54, 1.807) is 12.1 Å². The Morgan fingerprint density at radius 2 is 2.07 bits per heavy atom. The van der Waals surface area contributed by atoms with Crippen molar-refractivity contribution in [3.63, 3.8) is 0 Å². The molecule has 0 saturated heterocycles. The average molecular weight is 387 g/mol. The maximum absolute atomic E-state index is 12.9. The summed E-state index contributed by atoms with van der Waals surface area (Å²) in [6.45, 7) is 0.785. The van der Waals surface area contributed by atoms with Crippen LogP contribution in [0.2, 0.25) is 0 Å². The number of aromatic amines is 1. The van der Waals surface area contributed by atoms with Crippen LogP contribution in [0.1, 0.15) is 43.2 Å². The van der Waals surface area contributed by atoms with Crippen LogP contribution in [0.5, 0.6) is 5.88 Å². The van der Waals surface area contributed by atoms with E-state index in [1.807, 2.05) is 0 Å². The first kappa shape index (κ1) is 19.2. The molecular formula is C20H22FN3O2S. The maximum Gasteiger partial charge on any atom is 0.264 e. The van der Waals surface area contributed by atoms with Crippen molar-refractivity contribution < 1.29 is 9.50 Å². The number of nitrogens with one attached hydrogen (secondary N) is 1. The Morgan fingerprint density at radius 3 is 2.78 bits per heavy atom. The van der Waals surface area contributed by atoms with Gasteiger partial charge in [-0.3, -0.25) is 19.3 Å². The molecule has 1 aliphatic carbocycles. The first-order chi connectivity index (χ1) is 13.0. The van der Waals surface area contributed by atoms with Gasteiger partial charge in [0.1, 0.15) is 11.4 Å². The predicted octanol–water partition coefficient (Wildman–Crippen LogP) is 4.26. The summed E-state index contributed by atoms with van der Waals surface area (Å²) < 4.78 is 14.7. The number of allylic oxidation sites excluding steroid dienone is 2. The van der Waals surface area contributed by atoms with Crippen LogP contribution in [0.3, 0.4) is 0 Å². The second kappa shape index (κ2) is 8.90. The van der Waals surface area contributed by atoms with Crippen LogP contribution in [0.15, 0.2) is 45.7 Å². The Hall–Kier alpha value is -2.54. The molecule has 1 aromatic carbocycles. The SMILES string of the molecule is O=c1[nH]c(=S)n(CCC2=CCCCC2)c(O)c1C=NCc1ccc(F)cc1. The van der Waals surface area contributed by atoms with Crippen LogP contribution in [0.4, 0.5) is 4.39 Å². The van der Waals surface area contributed by atoms with Crippen molar-refractivity contribution in [1.82, 2.24) is 9.55 Å². The van der Waals surface area contributed by atoms with E-state index in [2.05, 4.69) is 16.1 Å². The first-order valence-corrected chi connectivity index (χ1v) is 9.43. The molecule has 0 saturated carbocycles. The Bertz CT molecular complexity index is 974. The largest absolute Gasteiger partial charge is 0.494 e. The highest BCUT2D eigenvalue weighted by Gasteiger charge is 2.12. The van der Waals surface area contributed by atoms with Crippen LogP contribution in [-0.4, -0.2) is 20.9 Å². The topological polar surface area (TPSA) is 70.4 Å². The smallest absolute Gasteiger partial charge is 0.264 e. The molecule has 5 nitrogen and oxygen atoms in total. The zero-order valence-corrected chi connectivity index (χ0v) is 15.8. The molecule has 1 aromatic heterocycles. The van der Waals surface area contributed by atoms with Crippen LogP contribution in [0, 0.1) is 10.6 Å². The van der Waals surface area contributed by atoms with Crippen molar-refractivity contribution in [2.45, 2.75) is 45.2 Å². The van der Waals surface area contributed by atoms with E-state index in [-0.39, 0.29) is 28.6 Å². The van der Waals surface area contributed by atoms with E-state index in [4.69, 9.17) is 12.2 Å². The van der Waals surface area contributed by atoms with E-state index < -0.39 is 5.56 Å². The van der Waals surface area contributed by atoms with Crippen LogP contribution in [0.25, 0.3) is 0 Å². The summed E-state index contributed by atoms with van der Waals surface area (Å²) in [6.07, 6.45) is 8.96. The molecule has 1 heterocycles. The highest BCUT2D eigenvalue weighted by molar-refractivity contribution is 7.71. The van der Waals surface area contributed by atoms with Crippen LogP contribution < -0.4 is 5.56 Å². The summed E-state index contributed by atoms with van der Waals surface area (Å²) in [5.74, 6) is -0.491. The summed E-state index contributed by atoms with van der Waals surface area (Å²) in [5.41, 5.74) is 1.76. The Balaban J connectivity index is 1.77. The number of hydrogen-bond acceptors (Lipinski definition) is 4. The molecule has 0 radical (unpaired) electrons. The molecule has 0 atom stereocenters. The van der Waals surface area contributed by atoms with Gasteiger partial charge in [0.25, 0.3) is 5.56 Å². The third-order valence-corrected chi connectivity index (χ3v) is 4.98. The van der Waals surface area contributed by atoms with Crippen molar-refractivity contribution in [2.24, 2.45) is 4.99 Å². The number of nitrogens with zero attached hydrogens (tertiary/aromatic N) is 2. The predicted molar refractivity (Wildman–Crippen MR) is 106 cm³/mol. The Morgan fingerprint density at radius 1 is 1.30 bits per heavy atom. The molecule has 0 spiro atoms. The van der Waals surface area contributed by atoms with Gasteiger partial charge in [-0.25, -0.2) is 4.39 Å². The Labute approximate surface area is 161 Å². The molecule has 7 heteroatoms. The molecule has 27 heavy (non-hydrogen) atoms. The van der Waals surface area contributed by atoms with Gasteiger partial charge < -0.3 is 5.11 Å². The fourth-order valence-electron chi connectivity index (χ4n) is 3.12. The first-order valence-electron chi connectivity index (χ1n) is 9.03. The highest BCUT2D eigenvalue weighted by Crippen LogP contribution is 2.22. The monoisotopic (exact) mass is 387 g/mol. The molecule has 2 N–H and O–H groups in total. The minimum absolute atomic E-state index is 0.0725. The average Bonchev–Trinajstić information content (AvgIpc) is 2.66. The molecule has 0 fully saturated rings. The zero-order chi connectivity index (χ0) is 19.2. The van der Waals surface area contributed by atoms with Gasteiger partial charge in [-0.1, -0.05) is 23.8 Å². The molecule has 1 aliphatic rings. The minimum Gasteiger partial charge on any atom is -0.494 e. The highest BCUT2D eigenvalue weighted by atomic mass is 32.1. The number of rotatable bonds is 6. The third kappa shape index (κ3) is 5.01. The molecule has 0 unspecified atom stereocenters. The van der Waals surface area contributed by atoms with Gasteiger partial charge in [0, 0.05) is 12.8 Å². The lowest BCUT2D eigenvalue weighted by molar-refractivity contribution is 0.402. The molecule has 0 amide bonds. The van der Waals surface area contributed by atoms with Gasteiger partial charge in [-0.2, -0.15) is 0 Å². The number of aromatic hydroxyl groups is 1. The lowest BCUT2D eigenvalue weighted by Gasteiger charge is -2.15. The van der Waals surface area contributed by atoms with Gasteiger partial charge in [-0.15, -0.1) is 0 Å². The third-order valence-electron chi connectivity index (χ3n) is 4.66. The standard InChI is InChI=1S/C20H22FN3O2S/c21-16-8-6-15(7-9-16)12-22-13-17-18(25)23-20(27)24(19(17)26)11-10-14-4-2-1-3-5-14/h4,6-9,13,26H,1-3,5,10-12H2,(H,23,25,27). The van der Waals surface area contributed by atoms with Gasteiger partial charge in [0.05, 0.1) is 6.54 Å². The summed E-state index contributed by atoms with van der Waals surface area (Å²) in [6, 6.07) is 5.96. The van der Waals surface area contributed by atoms with E-state index >= 15 is 0 Å². The number of benzene rings is 1. The van der Waals surface area contributed by atoms with Crippen molar-refractivity contribution in [3.05, 3.63) is 68.0 Å². The van der Waals surface area contributed by atoms with Crippen LogP contribution >= 0.6 is 12.2 Å². The minimum atomic E-state index is -0.478. The fourth-order valence-corrected chi connectivity index (χ4v) is 3.39. The number of hydrogen-bond donors (Lipinski definition) is 2. The van der Waals surface area contributed by atoms with Gasteiger partial charge in [0.15, 0.2) is 4.77 Å². The number of H-pyrrole nitrogens is 1. The van der Waals surface area contributed by atoms with Crippen LogP contribution in [-0.2, 0) is 13.1 Å². The lowest BCUT2D eigenvalue weighted by atomic mass is 9.97. The fraction of sp³-hybridized carbons (Fsp3) is 0.350. The van der Waals surface area contributed by atoms with Crippen molar-refractivity contribution in [3.8, 4) is 5.88 Å². The molecule has 0 aliphatic heterocycles. The normalized spacial score (nSPS) is 14.5. The van der Waals surface area contributed by atoms with E-state index in [0.717, 1.165) is 24.8 Å². The summed E-state index contributed by atoms with van der Waals surface area (Å²) in [4.78, 5) is 19.0. The molecule has 2 aromatic rings. The molecule has 142 valence electrons.